The third-order valence-electron chi connectivity index (χ3n) is 3.52. The highest BCUT2D eigenvalue weighted by molar-refractivity contribution is 5.75. The van der Waals surface area contributed by atoms with E-state index in [0.717, 1.165) is 18.5 Å². The fraction of sp³-hybridized carbons (Fsp3) is 0.467. The molecule has 1 aromatic rings. The number of hydrogen-bond donors (Lipinski definition) is 1. The van der Waals surface area contributed by atoms with Crippen molar-refractivity contribution in [1.82, 2.24) is 15.1 Å². The van der Waals surface area contributed by atoms with Crippen LogP contribution in [-0.4, -0.2) is 47.9 Å². The van der Waals surface area contributed by atoms with Gasteiger partial charge in [0.05, 0.1) is 0 Å². The minimum absolute atomic E-state index is 0.0562. The summed E-state index contributed by atoms with van der Waals surface area (Å²) in [7, 11) is 0. The fourth-order valence-electron chi connectivity index (χ4n) is 2.32. The van der Waals surface area contributed by atoms with Gasteiger partial charge in [-0.15, -0.1) is 0 Å². The van der Waals surface area contributed by atoms with Gasteiger partial charge in [0.2, 0.25) is 5.91 Å². The lowest BCUT2D eigenvalue weighted by Gasteiger charge is -2.21. The van der Waals surface area contributed by atoms with Gasteiger partial charge in [0.1, 0.15) is 0 Å². The van der Waals surface area contributed by atoms with Crippen LogP contribution in [0.25, 0.3) is 0 Å². The number of nitrogens with one attached hydrogen (secondary N) is 1. The summed E-state index contributed by atoms with van der Waals surface area (Å²) in [5.74, 6) is 0.0801. The second kappa shape index (κ2) is 6.93. The van der Waals surface area contributed by atoms with Crippen molar-refractivity contribution in [2.45, 2.75) is 19.9 Å². The Bertz CT molecular complexity index is 461. The molecule has 3 amide bonds. The number of urea groups is 1. The molecule has 0 aliphatic carbocycles. The first-order valence-electron chi connectivity index (χ1n) is 6.99. The Hall–Kier alpha value is -2.04. The van der Waals surface area contributed by atoms with E-state index in [4.69, 9.17) is 0 Å². The molecule has 5 heteroatoms. The van der Waals surface area contributed by atoms with Gasteiger partial charge in [0, 0.05) is 39.6 Å². The lowest BCUT2D eigenvalue weighted by atomic mass is 10.2. The molecule has 0 saturated carbocycles. The largest absolute Gasteiger partial charge is 0.341 e. The standard InChI is InChI=1S/C15H21N3O2/c1-13(19)17-8-5-9-18(11-10-17)15(20)16-12-14-6-3-2-4-7-14/h2-4,6-7H,5,8-12H2,1H3,(H,16,20). The molecule has 0 aromatic heterocycles. The number of carbonyl (C=O) groups is 2. The van der Waals surface area contributed by atoms with E-state index in [1.807, 2.05) is 30.3 Å². The highest BCUT2D eigenvalue weighted by atomic mass is 16.2. The summed E-state index contributed by atoms with van der Waals surface area (Å²) >= 11 is 0. The predicted octanol–water partition coefficient (Wildman–Crippen LogP) is 1.45. The molecule has 1 fully saturated rings. The Morgan fingerprint density at radius 3 is 2.40 bits per heavy atom. The van der Waals surface area contributed by atoms with E-state index < -0.39 is 0 Å². The number of hydrogen-bond acceptors (Lipinski definition) is 2. The second-order valence-electron chi connectivity index (χ2n) is 4.99. The highest BCUT2D eigenvalue weighted by Crippen LogP contribution is 2.04. The fourth-order valence-corrected chi connectivity index (χ4v) is 2.32. The highest BCUT2D eigenvalue weighted by Gasteiger charge is 2.19. The maximum absolute atomic E-state index is 12.1. The Labute approximate surface area is 119 Å². The lowest BCUT2D eigenvalue weighted by Crippen LogP contribution is -2.42. The van der Waals surface area contributed by atoms with Gasteiger partial charge in [-0.25, -0.2) is 4.79 Å². The summed E-state index contributed by atoms with van der Waals surface area (Å²) in [4.78, 5) is 27.0. The molecule has 1 saturated heterocycles. The van der Waals surface area contributed by atoms with Crippen LogP contribution in [0.3, 0.4) is 0 Å². The number of benzene rings is 1. The van der Waals surface area contributed by atoms with Crippen molar-refractivity contribution in [3.63, 3.8) is 0 Å². The molecular formula is C15H21N3O2. The van der Waals surface area contributed by atoms with Crippen LogP contribution in [0.5, 0.6) is 0 Å². The Morgan fingerprint density at radius 2 is 1.70 bits per heavy atom. The first kappa shape index (κ1) is 14.4. The zero-order valence-corrected chi connectivity index (χ0v) is 11.8. The number of carbonyl (C=O) groups excluding carboxylic acids is 2. The molecule has 20 heavy (non-hydrogen) atoms. The van der Waals surface area contributed by atoms with Crippen molar-refractivity contribution in [1.29, 1.82) is 0 Å². The summed E-state index contributed by atoms with van der Waals surface area (Å²) in [6, 6.07) is 9.78. The van der Waals surface area contributed by atoms with Crippen molar-refractivity contribution >= 4 is 11.9 Å². The molecule has 108 valence electrons. The molecule has 0 unspecified atom stereocenters. The molecule has 1 N–H and O–H groups in total. The van der Waals surface area contributed by atoms with E-state index >= 15 is 0 Å². The SMILES string of the molecule is CC(=O)N1CCCN(C(=O)NCc2ccccc2)CC1. The van der Waals surface area contributed by atoms with Crippen LogP contribution in [0, 0.1) is 0 Å². The maximum atomic E-state index is 12.1. The van der Waals surface area contributed by atoms with Gasteiger partial charge in [0.15, 0.2) is 0 Å². The molecule has 2 rings (SSSR count). The van der Waals surface area contributed by atoms with Gasteiger partial charge >= 0.3 is 6.03 Å². The molecule has 1 aliphatic heterocycles. The minimum atomic E-state index is -0.0562. The molecule has 0 radical (unpaired) electrons. The predicted molar refractivity (Wildman–Crippen MR) is 77.1 cm³/mol. The molecule has 0 bridgehead atoms. The smallest absolute Gasteiger partial charge is 0.317 e. The summed E-state index contributed by atoms with van der Waals surface area (Å²) < 4.78 is 0. The van der Waals surface area contributed by atoms with Crippen LogP contribution in [0.2, 0.25) is 0 Å². The average molecular weight is 275 g/mol. The Balaban J connectivity index is 1.82. The topological polar surface area (TPSA) is 52.7 Å². The number of nitrogens with zero attached hydrogens (tertiary/aromatic N) is 2. The van der Waals surface area contributed by atoms with Gasteiger partial charge in [-0.05, 0) is 12.0 Å². The number of rotatable bonds is 2. The molecule has 1 aromatic carbocycles. The third kappa shape index (κ3) is 3.98. The van der Waals surface area contributed by atoms with Crippen molar-refractivity contribution in [2.24, 2.45) is 0 Å². The van der Waals surface area contributed by atoms with Crippen LogP contribution in [0.15, 0.2) is 30.3 Å². The summed E-state index contributed by atoms with van der Waals surface area (Å²) in [5, 5.41) is 2.92. The Morgan fingerprint density at radius 1 is 1.05 bits per heavy atom. The Kier molecular flexibility index (Phi) is 4.98. The van der Waals surface area contributed by atoms with E-state index in [1.165, 1.54) is 0 Å². The van der Waals surface area contributed by atoms with E-state index in [2.05, 4.69) is 5.32 Å². The van der Waals surface area contributed by atoms with Crippen LogP contribution >= 0.6 is 0 Å². The summed E-state index contributed by atoms with van der Waals surface area (Å²) in [6.07, 6.45) is 0.832. The second-order valence-corrected chi connectivity index (χ2v) is 4.99. The first-order chi connectivity index (χ1) is 9.66. The molecule has 0 spiro atoms. The van der Waals surface area contributed by atoms with Crippen LogP contribution in [0.4, 0.5) is 4.79 Å². The summed E-state index contributed by atoms with van der Waals surface area (Å²) in [6.45, 7) is 4.76. The van der Waals surface area contributed by atoms with E-state index in [0.29, 0.717) is 26.2 Å². The normalized spacial score (nSPS) is 15.7. The zero-order valence-electron chi connectivity index (χ0n) is 11.8. The van der Waals surface area contributed by atoms with Crippen molar-refractivity contribution in [2.75, 3.05) is 26.2 Å². The molecule has 0 atom stereocenters. The van der Waals surface area contributed by atoms with E-state index in [-0.39, 0.29) is 11.9 Å². The van der Waals surface area contributed by atoms with Gasteiger partial charge < -0.3 is 15.1 Å². The summed E-state index contributed by atoms with van der Waals surface area (Å²) in [5.41, 5.74) is 1.08. The monoisotopic (exact) mass is 275 g/mol. The van der Waals surface area contributed by atoms with E-state index in [9.17, 15) is 9.59 Å². The first-order valence-corrected chi connectivity index (χ1v) is 6.99. The van der Waals surface area contributed by atoms with Gasteiger partial charge in [-0.3, -0.25) is 4.79 Å². The van der Waals surface area contributed by atoms with Crippen molar-refractivity contribution in [3.05, 3.63) is 35.9 Å². The molecule has 5 nitrogen and oxygen atoms in total. The molecule has 1 heterocycles. The van der Waals surface area contributed by atoms with Crippen LogP contribution < -0.4 is 5.32 Å². The maximum Gasteiger partial charge on any atom is 0.317 e. The van der Waals surface area contributed by atoms with Crippen molar-refractivity contribution in [3.8, 4) is 0 Å². The van der Waals surface area contributed by atoms with Gasteiger partial charge in [0.25, 0.3) is 0 Å². The van der Waals surface area contributed by atoms with Gasteiger partial charge in [-0.1, -0.05) is 30.3 Å². The van der Waals surface area contributed by atoms with Crippen molar-refractivity contribution < 1.29 is 9.59 Å². The molecule has 1 aliphatic rings. The van der Waals surface area contributed by atoms with E-state index in [1.54, 1.807) is 16.7 Å². The average Bonchev–Trinajstić information content (AvgIpc) is 2.72. The minimum Gasteiger partial charge on any atom is -0.341 e. The van der Waals surface area contributed by atoms with Crippen LogP contribution in [-0.2, 0) is 11.3 Å². The third-order valence-corrected chi connectivity index (χ3v) is 3.52. The quantitative estimate of drug-likeness (QED) is 0.888. The number of amides is 3. The van der Waals surface area contributed by atoms with Crippen LogP contribution in [0.1, 0.15) is 18.9 Å². The lowest BCUT2D eigenvalue weighted by molar-refractivity contribution is -0.128. The zero-order chi connectivity index (χ0) is 14.4. The molecular weight excluding hydrogens is 254 g/mol. The van der Waals surface area contributed by atoms with Gasteiger partial charge in [-0.2, -0.15) is 0 Å².